The normalized spacial score (nSPS) is 11.7. The Morgan fingerprint density at radius 3 is 1.52 bits per heavy atom. The average molecular weight is 1310 g/mol. The largest absolute Gasteiger partial charge is 0.494 e. The van der Waals surface area contributed by atoms with Crippen LogP contribution in [0.15, 0.2) is 137 Å². The third kappa shape index (κ3) is 22.8. The van der Waals surface area contributed by atoms with Gasteiger partial charge in [-0.15, -0.1) is 0 Å². The van der Waals surface area contributed by atoms with Gasteiger partial charge in [-0.3, -0.25) is 29.7 Å². The fourth-order valence-electron chi connectivity index (χ4n) is 8.77. The highest BCUT2D eigenvalue weighted by molar-refractivity contribution is 6.33. The molecule has 10 rings (SSSR count). The monoisotopic (exact) mass is 1310 g/mol. The molecule has 0 saturated carbocycles. The van der Waals surface area contributed by atoms with E-state index in [1.807, 2.05) is 53.7 Å². The minimum absolute atomic E-state index is 0.0242. The van der Waals surface area contributed by atoms with Crippen LogP contribution in [0.25, 0.3) is 21.8 Å². The second kappa shape index (κ2) is 35.0. The molecule has 0 bridgehead atoms. The van der Waals surface area contributed by atoms with Gasteiger partial charge in [0.1, 0.15) is 57.6 Å². The lowest BCUT2D eigenvalue weighted by molar-refractivity contribution is -0.118. The van der Waals surface area contributed by atoms with Crippen LogP contribution in [0, 0.1) is 0 Å². The second-order valence-corrected chi connectivity index (χ2v) is 24.0. The Hall–Kier alpha value is -9.28. The summed E-state index contributed by atoms with van der Waals surface area (Å²) in [6.07, 6.45) is 5.54. The minimum Gasteiger partial charge on any atom is -0.494 e. The van der Waals surface area contributed by atoms with Crippen molar-refractivity contribution in [1.82, 2.24) is 25.2 Å². The van der Waals surface area contributed by atoms with Crippen LogP contribution in [0.3, 0.4) is 0 Å². The lowest BCUT2D eigenvalue weighted by Crippen LogP contribution is -2.21. The van der Waals surface area contributed by atoms with Crippen molar-refractivity contribution in [3.63, 3.8) is 0 Å². The van der Waals surface area contributed by atoms with Crippen LogP contribution in [-0.4, -0.2) is 95.9 Å². The van der Waals surface area contributed by atoms with Crippen LogP contribution < -0.4 is 45.4 Å². The summed E-state index contributed by atoms with van der Waals surface area (Å²) in [6, 6.07) is 33.0. The van der Waals surface area contributed by atoms with E-state index in [2.05, 4.69) is 61.9 Å². The molecule has 0 unspecified atom stereocenters. The summed E-state index contributed by atoms with van der Waals surface area (Å²) in [5.41, 5.74) is 9.51. The van der Waals surface area contributed by atoms with Gasteiger partial charge < -0.3 is 58.7 Å². The molecule has 5 aromatic carbocycles. The third-order valence-electron chi connectivity index (χ3n) is 13.8. The number of hydrogen-bond donors (Lipinski definition) is 4. The topological polar surface area (TPSA) is 267 Å². The van der Waals surface area contributed by atoms with Crippen LogP contribution in [-0.2, 0) is 42.8 Å². The molecule has 23 heteroatoms. The Morgan fingerprint density at radius 1 is 0.581 bits per heavy atom. The number of nitrogens with zero attached hydrogens (tertiary/aromatic N) is 5. The maximum Gasteiger partial charge on any atom is 0.418 e. The van der Waals surface area contributed by atoms with E-state index >= 15 is 0 Å². The van der Waals surface area contributed by atoms with Gasteiger partial charge in [-0.05, 0) is 98.7 Å². The number of Topliss-reactive ketones (excluding diaryl/α,β-unsaturated/α-hetero) is 1. The lowest BCUT2D eigenvalue weighted by Gasteiger charge is -2.14. The first-order valence-corrected chi connectivity index (χ1v) is 31.0. The molecule has 93 heavy (non-hydrogen) atoms. The van der Waals surface area contributed by atoms with Gasteiger partial charge >= 0.3 is 6.09 Å². The number of ether oxygens (including phenoxy) is 6. The zero-order valence-corrected chi connectivity index (χ0v) is 56.5. The predicted molar refractivity (Wildman–Crippen MR) is 365 cm³/mol. The van der Waals surface area contributed by atoms with Gasteiger partial charge in [0.15, 0.2) is 5.82 Å². The van der Waals surface area contributed by atoms with Crippen molar-refractivity contribution >= 4 is 91.6 Å². The number of nitrogen functional groups attached to an aromatic ring is 1. The summed E-state index contributed by atoms with van der Waals surface area (Å²) in [5.74, 6) is 4.94. The highest BCUT2D eigenvalue weighted by Crippen LogP contribution is 2.39. The molecule has 0 atom stereocenters. The van der Waals surface area contributed by atoms with Crippen LogP contribution in [0.1, 0.15) is 112 Å². The van der Waals surface area contributed by atoms with Crippen molar-refractivity contribution in [2.24, 2.45) is 0 Å². The number of nitrogens with two attached hydrogens (primary N) is 1. The summed E-state index contributed by atoms with van der Waals surface area (Å²) >= 11 is 12.5. The zero-order valence-electron chi connectivity index (χ0n) is 55.0. The molecular weight excluding hydrogens is 1230 g/mol. The third-order valence-corrected chi connectivity index (χ3v) is 14.5. The van der Waals surface area contributed by atoms with Crippen LogP contribution in [0.4, 0.5) is 27.7 Å². The zero-order chi connectivity index (χ0) is 67.8. The van der Waals surface area contributed by atoms with Crippen LogP contribution >= 0.6 is 23.2 Å². The fourth-order valence-corrected chi connectivity index (χ4v) is 9.17. The molecule has 21 nitrogen and oxygen atoms in total. The summed E-state index contributed by atoms with van der Waals surface area (Å²) < 4.78 is 43.3. The van der Waals surface area contributed by atoms with E-state index < -0.39 is 6.09 Å². The molecule has 3 amide bonds. The van der Waals surface area contributed by atoms with Crippen LogP contribution in [0.5, 0.6) is 40.2 Å². The van der Waals surface area contributed by atoms with Gasteiger partial charge in [0, 0.05) is 103 Å². The number of ketones is 1. The quantitative estimate of drug-likeness (QED) is 0.0617. The molecule has 494 valence electrons. The Morgan fingerprint density at radius 2 is 1.09 bits per heavy atom. The number of aromatic nitrogens is 4. The van der Waals surface area contributed by atoms with Gasteiger partial charge in [0.2, 0.25) is 11.8 Å². The number of carbonyl (C=O) groups excluding carboxylic acids is 4. The van der Waals surface area contributed by atoms with Crippen molar-refractivity contribution in [3.8, 4) is 40.2 Å². The smallest absolute Gasteiger partial charge is 0.418 e. The number of hydrogen-bond acceptors (Lipinski definition) is 18. The van der Waals surface area contributed by atoms with Crippen LogP contribution in [0.2, 0.25) is 10.0 Å². The highest BCUT2D eigenvalue weighted by atomic mass is 35.5. The maximum atomic E-state index is 12.7. The fraction of sp³-hybridized carbons (Fsp3) is 0.343. The molecule has 0 spiro atoms. The van der Waals surface area contributed by atoms with E-state index in [-0.39, 0.29) is 41.3 Å². The summed E-state index contributed by atoms with van der Waals surface area (Å²) in [7, 11) is 3.05. The molecule has 1 saturated heterocycles. The van der Waals surface area contributed by atoms with E-state index in [9.17, 15) is 19.2 Å². The van der Waals surface area contributed by atoms with E-state index in [1.165, 1.54) is 60.5 Å². The molecule has 5 heterocycles. The molecule has 9 aromatic rings. The molecule has 5 N–H and O–H groups in total. The highest BCUT2D eigenvalue weighted by Gasteiger charge is 2.23. The van der Waals surface area contributed by atoms with E-state index in [1.54, 1.807) is 116 Å². The molecule has 4 aromatic heterocycles. The number of benzene rings is 5. The van der Waals surface area contributed by atoms with Crippen molar-refractivity contribution in [2.75, 3.05) is 68.8 Å². The Kier molecular flexibility index (Phi) is 27.4. The number of anilines is 4. The first-order chi connectivity index (χ1) is 44.3. The van der Waals surface area contributed by atoms with Crippen molar-refractivity contribution in [2.45, 2.75) is 113 Å². The Bertz CT molecular complexity index is 3920. The Balaban J connectivity index is 0.000000211. The molecule has 0 radical (unpaired) electrons. The number of para-hydroxylation sites is 1. The SMILES string of the molecule is C1CCOC1.CC(C)(C)c1cc(NC(=O)Oc2ccccc2)no1.CCN(CC)CC.COc1cc2nccc(Oc3ccc(CC(=O)Cc4cc(C(C)(C)C)on4)c(Cl)c3)c2cc1NC(C)=O.COc1cc2nccc(Oc3ccc(N)c(Cl)c3)c2cc1NC(C)=O. The van der Waals surface area contributed by atoms with Crippen molar-refractivity contribution in [3.05, 3.63) is 160 Å². The van der Waals surface area contributed by atoms with Gasteiger partial charge in [-0.25, -0.2) is 4.79 Å². The van der Waals surface area contributed by atoms with Gasteiger partial charge in [0.05, 0.1) is 59.5 Å². The predicted octanol–water partition coefficient (Wildman–Crippen LogP) is 16.2. The standard InChI is InChI=1S/C28H28ClN3O5.C18H16ClN3O3.C14H16N2O3.C6H15N.C4H8O/c1-16(33)31-24-14-21-23(15-26(24)35-5)30-9-8-25(21)36-20-7-6-17(22(29)13-20)10-19(34)11-18-12-27(37-32-18)28(2,3)4;1-10(23)22-16-8-12-15(9-18(16)24-2)21-6-5-17(12)25-11-3-4-14(20)13(19)7-11;1-14(2,3)11-9-12(16-19-11)15-13(17)18-10-7-5-4-6-8-10;1-4-7(5-2)6-3;1-2-4-5-3-1/h6-9,12-15H,10-11H2,1-5H3,(H,31,33);3-9H,20H2,1-2H3,(H,22,23);4-9H,1-3H3,(H,15,16,17);4-6H2,1-3H3;1-4H2. The van der Waals surface area contributed by atoms with E-state index in [4.69, 9.17) is 66.4 Å². The second-order valence-electron chi connectivity index (χ2n) is 23.2. The minimum atomic E-state index is -0.597. The van der Waals surface area contributed by atoms with Crippen molar-refractivity contribution < 1.29 is 56.6 Å². The molecule has 0 aliphatic carbocycles. The molecular formula is C70H83Cl2N9O12. The van der Waals surface area contributed by atoms with Gasteiger partial charge in [-0.2, -0.15) is 0 Å². The summed E-state index contributed by atoms with van der Waals surface area (Å²) in [4.78, 5) is 58.4. The molecule has 1 fully saturated rings. The number of nitrogens with one attached hydrogen (secondary N) is 3. The van der Waals surface area contributed by atoms with Gasteiger partial charge in [0.25, 0.3) is 0 Å². The van der Waals surface area contributed by atoms with E-state index in [0.717, 1.165) is 24.4 Å². The van der Waals surface area contributed by atoms with E-state index in [0.29, 0.717) is 107 Å². The first-order valence-electron chi connectivity index (χ1n) is 30.3. The number of halogens is 2. The summed E-state index contributed by atoms with van der Waals surface area (Å²) in [6.45, 7) is 27.1. The molecule has 1 aliphatic rings. The number of rotatable bonds is 17. The number of pyridine rings is 2. The number of amides is 3. The average Bonchev–Trinajstić information content (AvgIpc) is 1.62. The maximum absolute atomic E-state index is 12.7. The summed E-state index contributed by atoms with van der Waals surface area (Å²) in [5, 5.41) is 18.0. The number of carbonyl (C=O) groups is 4. The lowest BCUT2D eigenvalue weighted by atomic mass is 9.93. The van der Waals surface area contributed by atoms with Gasteiger partial charge in [-0.1, -0.05) is 120 Å². The Labute approximate surface area is 552 Å². The van der Waals surface area contributed by atoms with Crippen molar-refractivity contribution in [1.29, 1.82) is 0 Å². The number of fused-ring (bicyclic) bond motifs is 2. The first kappa shape index (κ1) is 72.8. The number of methoxy groups -OCH3 is 2. The molecule has 1 aliphatic heterocycles.